The summed E-state index contributed by atoms with van der Waals surface area (Å²) in [6, 6.07) is 9.23. The number of nitrogens with one attached hydrogen (secondary N) is 1. The first-order valence-electron chi connectivity index (χ1n) is 9.43. The number of ether oxygens (including phenoxy) is 1. The number of halogens is 1. The van der Waals surface area contributed by atoms with E-state index in [9.17, 15) is 24.5 Å². The molecule has 1 N–H and O–H groups in total. The van der Waals surface area contributed by atoms with Crippen molar-refractivity contribution in [1.82, 2.24) is 0 Å². The molecule has 3 rings (SSSR count). The lowest BCUT2D eigenvalue weighted by molar-refractivity contribution is -0.384. The van der Waals surface area contributed by atoms with Crippen molar-refractivity contribution < 1.29 is 24.0 Å². The van der Waals surface area contributed by atoms with Crippen molar-refractivity contribution >= 4 is 50.8 Å². The van der Waals surface area contributed by atoms with Gasteiger partial charge in [0.2, 0.25) is 5.91 Å². The molecule has 2 amide bonds. The number of nitrogens with zero attached hydrogens (tertiary/aromatic N) is 2. The minimum Gasteiger partial charge on any atom is -0.455 e. The fourth-order valence-electron chi connectivity index (χ4n) is 3.36. The number of benzene rings is 2. The first-order valence-corrected chi connectivity index (χ1v) is 10.2. The van der Waals surface area contributed by atoms with Gasteiger partial charge >= 0.3 is 5.97 Å². The standard InChI is InChI=1S/C21H20BrN3O6/c1-12-6-15(7-13(2)20(12)22)23-18(26)11-31-21(28)14-8-19(27)24(10-14)16-4-3-5-17(9-16)25(29)30/h3-7,9,14H,8,10-11H2,1-2H3,(H,23,26)/t14-/m0/s1. The predicted octanol–water partition coefficient (Wildman–Crippen LogP) is 3.51. The van der Waals surface area contributed by atoms with Gasteiger partial charge in [-0.05, 0) is 43.2 Å². The summed E-state index contributed by atoms with van der Waals surface area (Å²) < 4.78 is 6.05. The second-order valence-electron chi connectivity index (χ2n) is 7.26. The van der Waals surface area contributed by atoms with Gasteiger partial charge in [0.1, 0.15) is 0 Å². The molecule has 0 spiro atoms. The van der Waals surface area contributed by atoms with Crippen LogP contribution in [0.2, 0.25) is 0 Å². The normalized spacial score (nSPS) is 15.6. The SMILES string of the molecule is Cc1cc(NC(=O)COC(=O)[C@H]2CC(=O)N(c3cccc([N+](=O)[O-])c3)C2)cc(C)c1Br. The molecule has 0 unspecified atom stereocenters. The number of aryl methyl sites for hydroxylation is 2. The lowest BCUT2D eigenvalue weighted by atomic mass is 10.1. The molecule has 31 heavy (non-hydrogen) atoms. The quantitative estimate of drug-likeness (QED) is 0.376. The first kappa shape index (κ1) is 22.4. The Kier molecular flexibility index (Phi) is 6.69. The molecular formula is C21H20BrN3O6. The van der Waals surface area contributed by atoms with Crippen molar-refractivity contribution in [2.45, 2.75) is 20.3 Å². The van der Waals surface area contributed by atoms with Crippen LogP contribution in [0.4, 0.5) is 17.1 Å². The van der Waals surface area contributed by atoms with Crippen LogP contribution in [-0.2, 0) is 19.1 Å². The summed E-state index contributed by atoms with van der Waals surface area (Å²) in [4.78, 5) is 48.5. The fraction of sp³-hybridized carbons (Fsp3) is 0.286. The molecule has 9 nitrogen and oxygen atoms in total. The topological polar surface area (TPSA) is 119 Å². The summed E-state index contributed by atoms with van der Waals surface area (Å²) in [5.74, 6) is -2.25. The Bertz CT molecular complexity index is 1050. The van der Waals surface area contributed by atoms with Crippen LogP contribution in [0, 0.1) is 29.9 Å². The molecule has 162 valence electrons. The first-order chi connectivity index (χ1) is 14.7. The van der Waals surface area contributed by atoms with E-state index in [4.69, 9.17) is 4.74 Å². The van der Waals surface area contributed by atoms with Crippen molar-refractivity contribution in [3.8, 4) is 0 Å². The third-order valence-electron chi connectivity index (χ3n) is 4.88. The summed E-state index contributed by atoms with van der Waals surface area (Å²) in [7, 11) is 0. The van der Waals surface area contributed by atoms with Gasteiger partial charge in [-0.3, -0.25) is 24.5 Å². The molecule has 1 heterocycles. The number of nitro groups is 1. The number of amides is 2. The molecule has 1 fully saturated rings. The predicted molar refractivity (Wildman–Crippen MR) is 117 cm³/mol. The Morgan fingerprint density at radius 2 is 1.94 bits per heavy atom. The third-order valence-corrected chi connectivity index (χ3v) is 6.13. The summed E-state index contributed by atoms with van der Waals surface area (Å²) in [5.41, 5.74) is 2.70. The molecule has 1 saturated heterocycles. The van der Waals surface area contributed by atoms with Crippen LogP contribution in [0.25, 0.3) is 0 Å². The van der Waals surface area contributed by atoms with Gasteiger partial charge in [-0.2, -0.15) is 0 Å². The van der Waals surface area contributed by atoms with Gasteiger partial charge in [0.25, 0.3) is 11.6 Å². The molecule has 10 heteroatoms. The lowest BCUT2D eigenvalue weighted by Crippen LogP contribution is -2.28. The number of carbonyl (C=O) groups is 3. The van der Waals surface area contributed by atoms with Crippen molar-refractivity contribution in [1.29, 1.82) is 0 Å². The summed E-state index contributed by atoms with van der Waals surface area (Å²) >= 11 is 3.46. The zero-order valence-electron chi connectivity index (χ0n) is 16.9. The number of nitro benzene ring substituents is 1. The Labute approximate surface area is 186 Å². The van der Waals surface area contributed by atoms with Gasteiger partial charge in [0, 0.05) is 35.3 Å². The summed E-state index contributed by atoms with van der Waals surface area (Å²) in [6.07, 6.45) is -0.0890. The molecular weight excluding hydrogens is 470 g/mol. The van der Waals surface area contributed by atoms with Gasteiger partial charge < -0.3 is 15.0 Å². The number of anilines is 2. The van der Waals surface area contributed by atoms with E-state index in [1.54, 1.807) is 18.2 Å². The van der Waals surface area contributed by atoms with E-state index in [1.807, 2.05) is 13.8 Å². The van der Waals surface area contributed by atoms with Crippen LogP contribution in [0.15, 0.2) is 40.9 Å². The van der Waals surface area contributed by atoms with Crippen LogP contribution in [0.1, 0.15) is 17.5 Å². The largest absolute Gasteiger partial charge is 0.455 e. The Balaban J connectivity index is 1.56. The Morgan fingerprint density at radius 1 is 1.26 bits per heavy atom. The zero-order valence-corrected chi connectivity index (χ0v) is 18.5. The Hall–Kier alpha value is -3.27. The second-order valence-corrected chi connectivity index (χ2v) is 8.06. The van der Waals surface area contributed by atoms with Gasteiger partial charge in [-0.1, -0.05) is 22.0 Å². The van der Waals surface area contributed by atoms with Gasteiger partial charge in [0.15, 0.2) is 6.61 Å². The molecule has 0 saturated carbocycles. The molecule has 2 aromatic rings. The molecule has 0 aliphatic carbocycles. The van der Waals surface area contributed by atoms with E-state index in [2.05, 4.69) is 21.2 Å². The van der Waals surface area contributed by atoms with E-state index < -0.39 is 29.3 Å². The van der Waals surface area contributed by atoms with Crippen LogP contribution in [0.5, 0.6) is 0 Å². The molecule has 1 aliphatic heterocycles. The molecule has 1 aliphatic rings. The monoisotopic (exact) mass is 489 g/mol. The van der Waals surface area contributed by atoms with E-state index in [-0.39, 0.29) is 24.6 Å². The summed E-state index contributed by atoms with van der Waals surface area (Å²) in [5, 5.41) is 13.6. The smallest absolute Gasteiger partial charge is 0.311 e. The minimum absolute atomic E-state index is 0.0333. The van der Waals surface area contributed by atoms with Crippen molar-refractivity contribution in [2.75, 3.05) is 23.4 Å². The highest BCUT2D eigenvalue weighted by Gasteiger charge is 2.36. The number of carbonyl (C=O) groups excluding carboxylic acids is 3. The number of non-ortho nitro benzene ring substituents is 1. The average molecular weight is 490 g/mol. The second kappa shape index (κ2) is 9.25. The van der Waals surface area contributed by atoms with Crippen LogP contribution in [0.3, 0.4) is 0 Å². The average Bonchev–Trinajstić information content (AvgIpc) is 3.12. The van der Waals surface area contributed by atoms with E-state index in [1.165, 1.54) is 23.1 Å². The van der Waals surface area contributed by atoms with E-state index in [0.29, 0.717) is 11.4 Å². The highest BCUT2D eigenvalue weighted by molar-refractivity contribution is 9.10. The molecule has 2 aromatic carbocycles. The lowest BCUT2D eigenvalue weighted by Gasteiger charge is -2.16. The Morgan fingerprint density at radius 3 is 2.58 bits per heavy atom. The van der Waals surface area contributed by atoms with Crippen LogP contribution < -0.4 is 10.2 Å². The number of hydrogen-bond acceptors (Lipinski definition) is 6. The molecule has 1 atom stereocenters. The highest BCUT2D eigenvalue weighted by atomic mass is 79.9. The van der Waals surface area contributed by atoms with E-state index in [0.717, 1.165) is 15.6 Å². The maximum atomic E-state index is 12.4. The summed E-state index contributed by atoms with van der Waals surface area (Å²) in [6.45, 7) is 3.36. The van der Waals surface area contributed by atoms with Gasteiger partial charge in [0.05, 0.1) is 16.5 Å². The zero-order chi connectivity index (χ0) is 22.7. The van der Waals surface area contributed by atoms with Crippen molar-refractivity contribution in [3.05, 3.63) is 62.1 Å². The van der Waals surface area contributed by atoms with Crippen molar-refractivity contribution in [2.24, 2.45) is 5.92 Å². The van der Waals surface area contributed by atoms with Crippen LogP contribution in [-0.4, -0.2) is 35.9 Å². The van der Waals surface area contributed by atoms with Gasteiger partial charge in [-0.15, -0.1) is 0 Å². The molecule has 0 bridgehead atoms. The van der Waals surface area contributed by atoms with Crippen LogP contribution >= 0.6 is 15.9 Å². The number of rotatable bonds is 6. The highest BCUT2D eigenvalue weighted by Crippen LogP contribution is 2.28. The third kappa shape index (κ3) is 5.26. The maximum absolute atomic E-state index is 12.4. The number of hydrogen-bond donors (Lipinski definition) is 1. The van der Waals surface area contributed by atoms with Gasteiger partial charge in [-0.25, -0.2) is 0 Å². The maximum Gasteiger partial charge on any atom is 0.311 e. The molecule has 0 aromatic heterocycles. The fourth-order valence-corrected chi connectivity index (χ4v) is 3.59. The molecule has 0 radical (unpaired) electrons. The van der Waals surface area contributed by atoms with Crippen molar-refractivity contribution in [3.63, 3.8) is 0 Å². The van der Waals surface area contributed by atoms with E-state index >= 15 is 0 Å². The number of esters is 1. The minimum atomic E-state index is -0.753.